The molecular formula is C9H12N4S. The standard InChI is InChI=1S/C9H12N4S/c1-6(2)14-9-12-11-8-4-3-7(10)5-13(8)9/h3-6H,10H2,1-2H3. The number of nitrogen functional groups attached to an aromatic ring is 1. The Balaban J connectivity index is 2.50. The lowest BCUT2D eigenvalue weighted by molar-refractivity contribution is 0.913. The first kappa shape index (κ1) is 9.33. The molecule has 0 bridgehead atoms. The molecule has 0 aliphatic heterocycles. The number of nitrogens with zero attached hydrogens (tertiary/aromatic N) is 3. The van der Waals surface area contributed by atoms with Crippen LogP contribution in [-0.2, 0) is 0 Å². The molecular weight excluding hydrogens is 196 g/mol. The van der Waals surface area contributed by atoms with Crippen LogP contribution in [0, 0.1) is 0 Å². The van der Waals surface area contributed by atoms with Crippen molar-refractivity contribution in [1.29, 1.82) is 0 Å². The minimum absolute atomic E-state index is 0.490. The molecule has 0 aromatic carbocycles. The topological polar surface area (TPSA) is 56.2 Å². The SMILES string of the molecule is CC(C)Sc1nnc2ccc(N)cn12. The number of rotatable bonds is 2. The van der Waals surface area contributed by atoms with Gasteiger partial charge in [-0.15, -0.1) is 10.2 Å². The lowest BCUT2D eigenvalue weighted by Gasteiger charge is -2.02. The van der Waals surface area contributed by atoms with Crippen molar-refractivity contribution in [2.45, 2.75) is 24.3 Å². The first-order valence-electron chi connectivity index (χ1n) is 4.44. The molecule has 2 N–H and O–H groups in total. The van der Waals surface area contributed by atoms with Gasteiger partial charge in [-0.3, -0.25) is 4.40 Å². The number of fused-ring (bicyclic) bond motifs is 1. The molecule has 5 heteroatoms. The Labute approximate surface area is 86.5 Å². The van der Waals surface area contributed by atoms with Gasteiger partial charge < -0.3 is 5.73 Å². The molecule has 2 aromatic heterocycles. The van der Waals surface area contributed by atoms with E-state index in [2.05, 4.69) is 24.0 Å². The lowest BCUT2D eigenvalue weighted by atomic mass is 10.4. The molecule has 2 aromatic rings. The molecule has 2 heterocycles. The molecule has 0 aliphatic carbocycles. The molecule has 0 fully saturated rings. The quantitative estimate of drug-likeness (QED) is 0.765. The Morgan fingerprint density at radius 3 is 2.86 bits per heavy atom. The van der Waals surface area contributed by atoms with E-state index in [1.54, 1.807) is 11.8 Å². The average molecular weight is 208 g/mol. The molecule has 2 rings (SSSR count). The summed E-state index contributed by atoms with van der Waals surface area (Å²) >= 11 is 1.68. The molecule has 74 valence electrons. The fourth-order valence-corrected chi connectivity index (χ4v) is 1.95. The molecule has 0 spiro atoms. The predicted octanol–water partition coefficient (Wildman–Crippen LogP) is 1.81. The van der Waals surface area contributed by atoms with Gasteiger partial charge in [-0.1, -0.05) is 25.6 Å². The van der Waals surface area contributed by atoms with Crippen molar-refractivity contribution >= 4 is 23.1 Å². The van der Waals surface area contributed by atoms with E-state index in [1.807, 2.05) is 22.7 Å². The molecule has 4 nitrogen and oxygen atoms in total. The number of pyridine rings is 1. The van der Waals surface area contributed by atoms with Crippen molar-refractivity contribution in [3.05, 3.63) is 18.3 Å². The maximum Gasteiger partial charge on any atom is 0.195 e. The fraction of sp³-hybridized carbons (Fsp3) is 0.333. The zero-order chi connectivity index (χ0) is 10.1. The number of thioether (sulfide) groups is 1. The maximum absolute atomic E-state index is 5.70. The van der Waals surface area contributed by atoms with E-state index in [-0.39, 0.29) is 0 Å². The van der Waals surface area contributed by atoms with Gasteiger partial charge in [-0.25, -0.2) is 0 Å². The summed E-state index contributed by atoms with van der Waals surface area (Å²) in [4.78, 5) is 0. The van der Waals surface area contributed by atoms with Gasteiger partial charge in [0.2, 0.25) is 0 Å². The monoisotopic (exact) mass is 208 g/mol. The Kier molecular flexibility index (Phi) is 2.33. The summed E-state index contributed by atoms with van der Waals surface area (Å²) in [6.45, 7) is 4.25. The van der Waals surface area contributed by atoms with Crippen molar-refractivity contribution in [3.63, 3.8) is 0 Å². The van der Waals surface area contributed by atoms with Crippen LogP contribution in [0.2, 0.25) is 0 Å². The Morgan fingerprint density at radius 2 is 2.14 bits per heavy atom. The van der Waals surface area contributed by atoms with Gasteiger partial charge in [0.05, 0.1) is 0 Å². The summed E-state index contributed by atoms with van der Waals surface area (Å²) in [6, 6.07) is 3.69. The fourth-order valence-electron chi connectivity index (χ4n) is 1.18. The summed E-state index contributed by atoms with van der Waals surface area (Å²) in [5.41, 5.74) is 7.26. The van der Waals surface area contributed by atoms with Crippen molar-refractivity contribution in [2.75, 3.05) is 5.73 Å². The van der Waals surface area contributed by atoms with Gasteiger partial charge in [0.25, 0.3) is 0 Å². The average Bonchev–Trinajstić information content (AvgIpc) is 2.47. The molecule has 0 atom stereocenters. The summed E-state index contributed by atoms with van der Waals surface area (Å²) in [6.07, 6.45) is 1.85. The first-order valence-corrected chi connectivity index (χ1v) is 5.31. The van der Waals surface area contributed by atoms with E-state index in [1.165, 1.54) is 0 Å². The maximum atomic E-state index is 5.70. The highest BCUT2D eigenvalue weighted by Crippen LogP contribution is 2.21. The van der Waals surface area contributed by atoms with Crippen molar-refractivity contribution < 1.29 is 0 Å². The molecule has 0 saturated heterocycles. The van der Waals surface area contributed by atoms with Crippen LogP contribution >= 0.6 is 11.8 Å². The van der Waals surface area contributed by atoms with E-state index in [0.717, 1.165) is 16.5 Å². The van der Waals surface area contributed by atoms with Crippen LogP contribution in [0.3, 0.4) is 0 Å². The van der Waals surface area contributed by atoms with Gasteiger partial charge in [0.15, 0.2) is 10.8 Å². The summed E-state index contributed by atoms with van der Waals surface area (Å²) < 4.78 is 1.92. The smallest absolute Gasteiger partial charge is 0.195 e. The highest BCUT2D eigenvalue weighted by Gasteiger charge is 2.07. The highest BCUT2D eigenvalue weighted by molar-refractivity contribution is 7.99. The number of hydrogen-bond acceptors (Lipinski definition) is 4. The molecule has 0 aliphatic rings. The van der Waals surface area contributed by atoms with E-state index < -0.39 is 0 Å². The van der Waals surface area contributed by atoms with E-state index >= 15 is 0 Å². The van der Waals surface area contributed by atoms with Crippen LogP contribution in [0.25, 0.3) is 5.65 Å². The van der Waals surface area contributed by atoms with Crippen LogP contribution in [0.5, 0.6) is 0 Å². The molecule has 0 radical (unpaired) electrons. The minimum Gasteiger partial charge on any atom is -0.398 e. The first-order chi connectivity index (χ1) is 6.66. The largest absolute Gasteiger partial charge is 0.398 e. The van der Waals surface area contributed by atoms with E-state index in [4.69, 9.17) is 5.73 Å². The second-order valence-corrected chi connectivity index (χ2v) is 4.88. The molecule has 0 saturated carbocycles. The Hall–Kier alpha value is -1.23. The van der Waals surface area contributed by atoms with Gasteiger partial charge >= 0.3 is 0 Å². The summed E-state index contributed by atoms with van der Waals surface area (Å²) in [5.74, 6) is 0. The highest BCUT2D eigenvalue weighted by atomic mass is 32.2. The van der Waals surface area contributed by atoms with Gasteiger partial charge in [-0.2, -0.15) is 0 Å². The molecule has 0 amide bonds. The predicted molar refractivity (Wildman–Crippen MR) is 58.4 cm³/mol. The van der Waals surface area contributed by atoms with Crippen LogP contribution in [0.4, 0.5) is 5.69 Å². The normalized spacial score (nSPS) is 11.4. The van der Waals surface area contributed by atoms with Crippen LogP contribution < -0.4 is 5.73 Å². The lowest BCUT2D eigenvalue weighted by Crippen LogP contribution is -1.94. The summed E-state index contributed by atoms with van der Waals surface area (Å²) in [5, 5.41) is 9.53. The zero-order valence-corrected chi connectivity index (χ0v) is 8.95. The third-order valence-corrected chi connectivity index (χ3v) is 2.70. The van der Waals surface area contributed by atoms with Crippen molar-refractivity contribution in [3.8, 4) is 0 Å². The second-order valence-electron chi connectivity index (χ2n) is 3.34. The number of aromatic nitrogens is 3. The van der Waals surface area contributed by atoms with Crippen LogP contribution in [-0.4, -0.2) is 19.8 Å². The van der Waals surface area contributed by atoms with Crippen LogP contribution in [0.15, 0.2) is 23.5 Å². The summed E-state index contributed by atoms with van der Waals surface area (Å²) in [7, 11) is 0. The molecule has 14 heavy (non-hydrogen) atoms. The Morgan fingerprint density at radius 1 is 1.36 bits per heavy atom. The zero-order valence-electron chi connectivity index (χ0n) is 8.14. The second kappa shape index (κ2) is 3.49. The number of hydrogen-bond donors (Lipinski definition) is 1. The third-order valence-electron chi connectivity index (χ3n) is 1.74. The van der Waals surface area contributed by atoms with Gasteiger partial charge in [-0.05, 0) is 12.1 Å². The van der Waals surface area contributed by atoms with E-state index in [0.29, 0.717) is 5.25 Å². The minimum atomic E-state index is 0.490. The van der Waals surface area contributed by atoms with Gasteiger partial charge in [0.1, 0.15) is 0 Å². The van der Waals surface area contributed by atoms with E-state index in [9.17, 15) is 0 Å². The van der Waals surface area contributed by atoms with Gasteiger partial charge in [0, 0.05) is 17.1 Å². The number of nitrogens with two attached hydrogens (primary N) is 1. The third kappa shape index (κ3) is 1.68. The van der Waals surface area contributed by atoms with Crippen molar-refractivity contribution in [1.82, 2.24) is 14.6 Å². The van der Waals surface area contributed by atoms with Crippen LogP contribution in [0.1, 0.15) is 13.8 Å². The number of anilines is 1. The van der Waals surface area contributed by atoms with Crippen molar-refractivity contribution in [2.24, 2.45) is 0 Å². The Bertz CT molecular complexity index is 449. The molecule has 0 unspecified atom stereocenters.